The second-order valence-corrected chi connectivity index (χ2v) is 9.71. The maximum Gasteiger partial charge on any atom is 0.243 e. The van der Waals surface area contributed by atoms with Crippen molar-refractivity contribution in [3.63, 3.8) is 0 Å². The summed E-state index contributed by atoms with van der Waals surface area (Å²) in [6, 6.07) is 23.1. The SMILES string of the molecule is O=C(CC1C(=O)NCCN1C(=O)CN1CCN(Cc2ccccc2)CC1)Nc1cccc2ccccc12. The lowest BCUT2D eigenvalue weighted by molar-refractivity contribution is -0.145. The van der Waals surface area contributed by atoms with Crippen LogP contribution in [0.4, 0.5) is 5.69 Å². The number of amides is 3. The monoisotopic (exact) mass is 499 g/mol. The normalized spacial score (nSPS) is 19.0. The first-order valence-electron chi connectivity index (χ1n) is 12.9. The first-order chi connectivity index (χ1) is 18.1. The number of nitrogens with zero attached hydrogens (tertiary/aromatic N) is 3. The van der Waals surface area contributed by atoms with E-state index in [1.165, 1.54) is 5.56 Å². The summed E-state index contributed by atoms with van der Waals surface area (Å²) in [5.41, 5.74) is 1.99. The van der Waals surface area contributed by atoms with Gasteiger partial charge in [-0.1, -0.05) is 66.7 Å². The van der Waals surface area contributed by atoms with Crippen molar-refractivity contribution in [1.82, 2.24) is 20.0 Å². The van der Waals surface area contributed by atoms with E-state index in [9.17, 15) is 14.4 Å². The van der Waals surface area contributed by atoms with E-state index in [4.69, 9.17) is 0 Å². The zero-order chi connectivity index (χ0) is 25.6. The van der Waals surface area contributed by atoms with Crippen LogP contribution in [0.5, 0.6) is 0 Å². The van der Waals surface area contributed by atoms with Gasteiger partial charge in [-0.05, 0) is 17.0 Å². The molecule has 5 rings (SSSR count). The van der Waals surface area contributed by atoms with Crippen LogP contribution in [0.2, 0.25) is 0 Å². The third-order valence-corrected chi connectivity index (χ3v) is 7.17. The molecule has 2 saturated heterocycles. The maximum absolute atomic E-state index is 13.3. The minimum absolute atomic E-state index is 0.0777. The topological polar surface area (TPSA) is 85.0 Å². The number of fused-ring (bicyclic) bond motifs is 1. The lowest BCUT2D eigenvalue weighted by Gasteiger charge is -2.38. The van der Waals surface area contributed by atoms with E-state index >= 15 is 0 Å². The van der Waals surface area contributed by atoms with Gasteiger partial charge in [0, 0.05) is 56.9 Å². The summed E-state index contributed by atoms with van der Waals surface area (Å²) in [6.07, 6.45) is -0.0777. The van der Waals surface area contributed by atoms with Gasteiger partial charge in [0.1, 0.15) is 6.04 Å². The highest BCUT2D eigenvalue weighted by molar-refractivity contribution is 6.04. The van der Waals surface area contributed by atoms with Crippen molar-refractivity contribution in [1.29, 1.82) is 0 Å². The average molecular weight is 500 g/mol. The Balaban J connectivity index is 1.17. The van der Waals surface area contributed by atoms with E-state index < -0.39 is 6.04 Å². The highest BCUT2D eigenvalue weighted by atomic mass is 16.2. The van der Waals surface area contributed by atoms with Crippen LogP contribution in [0.25, 0.3) is 10.8 Å². The number of rotatable bonds is 7. The van der Waals surface area contributed by atoms with Gasteiger partial charge in [-0.25, -0.2) is 0 Å². The number of nitrogens with one attached hydrogen (secondary N) is 2. The van der Waals surface area contributed by atoms with Crippen LogP contribution in [0.15, 0.2) is 72.8 Å². The Hall–Kier alpha value is -3.75. The molecule has 0 bridgehead atoms. The molecule has 3 aromatic rings. The van der Waals surface area contributed by atoms with Crippen LogP contribution < -0.4 is 10.6 Å². The van der Waals surface area contributed by atoms with E-state index in [0.717, 1.165) is 43.5 Å². The molecule has 2 fully saturated rings. The van der Waals surface area contributed by atoms with Gasteiger partial charge in [-0.15, -0.1) is 0 Å². The molecule has 3 amide bonds. The number of piperazine rings is 2. The Bertz CT molecular complexity index is 1250. The zero-order valence-corrected chi connectivity index (χ0v) is 20.9. The highest BCUT2D eigenvalue weighted by Crippen LogP contribution is 2.23. The van der Waals surface area contributed by atoms with Gasteiger partial charge >= 0.3 is 0 Å². The minimum atomic E-state index is -0.810. The molecule has 192 valence electrons. The van der Waals surface area contributed by atoms with E-state index in [1.807, 2.05) is 48.5 Å². The molecule has 0 radical (unpaired) electrons. The number of hydrogen-bond donors (Lipinski definition) is 2. The molecule has 2 heterocycles. The van der Waals surface area contributed by atoms with E-state index in [-0.39, 0.29) is 30.7 Å². The number of carbonyl (C=O) groups excluding carboxylic acids is 3. The van der Waals surface area contributed by atoms with Crippen LogP contribution in [-0.2, 0) is 20.9 Å². The molecular weight excluding hydrogens is 466 g/mol. The van der Waals surface area contributed by atoms with Crippen LogP contribution in [0.1, 0.15) is 12.0 Å². The highest BCUT2D eigenvalue weighted by Gasteiger charge is 2.35. The summed E-state index contributed by atoms with van der Waals surface area (Å²) in [5.74, 6) is -0.666. The van der Waals surface area contributed by atoms with Gasteiger partial charge in [-0.2, -0.15) is 0 Å². The molecule has 0 spiro atoms. The molecule has 2 N–H and O–H groups in total. The van der Waals surface area contributed by atoms with Gasteiger partial charge in [0.15, 0.2) is 0 Å². The van der Waals surface area contributed by atoms with Gasteiger partial charge < -0.3 is 15.5 Å². The van der Waals surface area contributed by atoms with Crippen molar-refractivity contribution in [3.8, 4) is 0 Å². The zero-order valence-electron chi connectivity index (χ0n) is 20.9. The van der Waals surface area contributed by atoms with Crippen LogP contribution in [-0.4, -0.2) is 84.3 Å². The molecule has 37 heavy (non-hydrogen) atoms. The second-order valence-electron chi connectivity index (χ2n) is 9.71. The Morgan fingerprint density at radius 2 is 1.54 bits per heavy atom. The van der Waals surface area contributed by atoms with Crippen LogP contribution in [0, 0.1) is 0 Å². The van der Waals surface area contributed by atoms with Gasteiger partial charge in [0.2, 0.25) is 17.7 Å². The lowest BCUT2D eigenvalue weighted by Crippen LogP contribution is -2.60. The van der Waals surface area contributed by atoms with Crippen molar-refractivity contribution in [3.05, 3.63) is 78.4 Å². The predicted molar refractivity (Wildman–Crippen MR) is 144 cm³/mol. The van der Waals surface area contributed by atoms with Crippen LogP contribution >= 0.6 is 0 Å². The third kappa shape index (κ3) is 6.15. The minimum Gasteiger partial charge on any atom is -0.353 e. The fourth-order valence-electron chi connectivity index (χ4n) is 5.16. The first-order valence-corrected chi connectivity index (χ1v) is 12.9. The molecule has 2 aliphatic rings. The molecular formula is C29H33N5O3. The molecule has 0 aromatic heterocycles. The Kier molecular flexibility index (Phi) is 7.77. The number of benzene rings is 3. The summed E-state index contributed by atoms with van der Waals surface area (Å²) in [6.45, 7) is 5.34. The Morgan fingerprint density at radius 3 is 2.35 bits per heavy atom. The number of anilines is 1. The van der Waals surface area contributed by atoms with Crippen molar-refractivity contribution >= 4 is 34.2 Å². The summed E-state index contributed by atoms with van der Waals surface area (Å²) < 4.78 is 0. The lowest BCUT2D eigenvalue weighted by atomic mass is 10.1. The Morgan fingerprint density at radius 1 is 0.838 bits per heavy atom. The van der Waals surface area contributed by atoms with E-state index in [2.05, 4.69) is 44.7 Å². The summed E-state index contributed by atoms with van der Waals surface area (Å²) in [5, 5.41) is 7.72. The molecule has 0 saturated carbocycles. The van der Waals surface area contributed by atoms with Crippen molar-refractivity contribution in [2.24, 2.45) is 0 Å². The number of carbonyl (C=O) groups is 3. The standard InChI is InChI=1S/C29H33N5O3/c35-27(31-25-12-6-10-23-9-4-5-11-24(23)25)19-26-29(37)30-13-14-34(26)28(36)21-33-17-15-32(16-18-33)20-22-7-2-1-3-8-22/h1-12,26H,13-21H2,(H,30,37)(H,31,35). The summed E-state index contributed by atoms with van der Waals surface area (Å²) >= 11 is 0. The molecule has 8 nitrogen and oxygen atoms in total. The second kappa shape index (κ2) is 11.5. The van der Waals surface area contributed by atoms with Crippen molar-refractivity contribution in [2.75, 3.05) is 51.1 Å². The molecule has 0 aliphatic carbocycles. The predicted octanol–water partition coefficient (Wildman–Crippen LogP) is 2.31. The van der Waals surface area contributed by atoms with Gasteiger partial charge in [0.25, 0.3) is 0 Å². The maximum atomic E-state index is 13.3. The smallest absolute Gasteiger partial charge is 0.243 e. The molecule has 3 aromatic carbocycles. The van der Waals surface area contributed by atoms with E-state index in [1.54, 1.807) is 4.90 Å². The van der Waals surface area contributed by atoms with Gasteiger partial charge in [-0.3, -0.25) is 24.2 Å². The summed E-state index contributed by atoms with van der Waals surface area (Å²) in [4.78, 5) is 45.1. The van der Waals surface area contributed by atoms with Gasteiger partial charge in [0.05, 0.1) is 13.0 Å². The Labute approximate surface area is 217 Å². The quantitative estimate of drug-likeness (QED) is 0.521. The molecule has 8 heteroatoms. The fraction of sp³-hybridized carbons (Fsp3) is 0.345. The molecule has 2 aliphatic heterocycles. The first kappa shape index (κ1) is 24.9. The molecule has 1 unspecified atom stereocenters. The van der Waals surface area contributed by atoms with E-state index in [0.29, 0.717) is 18.8 Å². The fourth-order valence-corrected chi connectivity index (χ4v) is 5.16. The average Bonchev–Trinajstić information content (AvgIpc) is 2.92. The molecule has 1 atom stereocenters. The van der Waals surface area contributed by atoms with Crippen molar-refractivity contribution in [2.45, 2.75) is 19.0 Å². The summed E-state index contributed by atoms with van der Waals surface area (Å²) in [7, 11) is 0. The van der Waals surface area contributed by atoms with Crippen molar-refractivity contribution < 1.29 is 14.4 Å². The largest absolute Gasteiger partial charge is 0.353 e. The third-order valence-electron chi connectivity index (χ3n) is 7.17. The number of hydrogen-bond acceptors (Lipinski definition) is 5. The van der Waals surface area contributed by atoms with Crippen LogP contribution in [0.3, 0.4) is 0 Å².